The van der Waals surface area contributed by atoms with Crippen LogP contribution < -0.4 is 5.32 Å². The molecular formula is C40H68N2O5. The second-order valence-electron chi connectivity index (χ2n) is 16.9. The Labute approximate surface area is 286 Å². The van der Waals surface area contributed by atoms with Crippen molar-refractivity contribution in [1.82, 2.24) is 10.2 Å². The van der Waals surface area contributed by atoms with Gasteiger partial charge in [0.15, 0.2) is 0 Å². The molecule has 4 aliphatic carbocycles. The third-order valence-corrected chi connectivity index (χ3v) is 13.4. The highest BCUT2D eigenvalue weighted by Crippen LogP contribution is 2.64. The van der Waals surface area contributed by atoms with Gasteiger partial charge in [0.05, 0.1) is 18.8 Å². The second-order valence-corrected chi connectivity index (χ2v) is 16.9. The fraction of sp³-hybridized carbons (Fsp3) is 0.900. The minimum Gasteiger partial charge on any atom is -0.446 e. The number of aliphatic hydroxyl groups is 1. The normalized spacial score (nSPS) is 35.6. The molecule has 0 spiro atoms. The van der Waals surface area contributed by atoms with E-state index >= 15 is 0 Å². The molecule has 47 heavy (non-hydrogen) atoms. The van der Waals surface area contributed by atoms with Crippen LogP contribution in [0.5, 0.6) is 0 Å². The Morgan fingerprint density at radius 2 is 1.87 bits per heavy atom. The van der Waals surface area contributed by atoms with E-state index in [1.165, 1.54) is 51.4 Å². The van der Waals surface area contributed by atoms with E-state index < -0.39 is 6.10 Å². The Morgan fingerprint density at radius 1 is 1.04 bits per heavy atom. The smallest absolute Gasteiger partial charge is 0.407 e. The van der Waals surface area contributed by atoms with Crippen LogP contribution in [0.3, 0.4) is 0 Å². The lowest BCUT2D eigenvalue weighted by Gasteiger charge is -2.54. The molecule has 0 aromatic heterocycles. The minimum absolute atomic E-state index is 0.0106. The van der Waals surface area contributed by atoms with Crippen LogP contribution in [0.1, 0.15) is 137 Å². The van der Waals surface area contributed by atoms with Gasteiger partial charge in [-0.1, -0.05) is 65.0 Å². The number of aliphatic hydroxyl groups excluding tert-OH is 1. The molecule has 1 aliphatic heterocycles. The maximum atomic E-state index is 12.7. The largest absolute Gasteiger partial charge is 0.446 e. The number of unbranched alkanes of at least 4 members (excludes halogenated alkanes) is 2. The van der Waals surface area contributed by atoms with E-state index in [1.54, 1.807) is 10.5 Å². The molecule has 0 radical (unpaired) electrons. The number of likely N-dealkylation sites (tertiary alicyclic amines) is 1. The number of nitrogens with one attached hydrogen (secondary N) is 1. The van der Waals surface area contributed by atoms with Gasteiger partial charge >= 0.3 is 6.09 Å². The number of allylic oxidation sites excluding steroid dienone is 1. The molecule has 1 heterocycles. The molecule has 268 valence electrons. The number of alkyl carbamates (subject to hydrolysis) is 1. The molecule has 5 aliphatic rings. The maximum Gasteiger partial charge on any atom is 0.407 e. The van der Waals surface area contributed by atoms with Gasteiger partial charge in [-0.2, -0.15) is 0 Å². The van der Waals surface area contributed by atoms with Crippen molar-refractivity contribution in [1.29, 1.82) is 0 Å². The van der Waals surface area contributed by atoms with Crippen LogP contribution in [0.25, 0.3) is 0 Å². The Kier molecular flexibility index (Phi) is 13.2. The van der Waals surface area contributed by atoms with E-state index in [9.17, 15) is 14.7 Å². The summed E-state index contributed by atoms with van der Waals surface area (Å²) in [6.45, 7) is 14.0. The highest BCUT2D eigenvalue weighted by atomic mass is 16.6. The molecule has 4 unspecified atom stereocenters. The van der Waals surface area contributed by atoms with Crippen LogP contribution in [0.4, 0.5) is 4.79 Å². The third-order valence-electron chi connectivity index (χ3n) is 13.4. The zero-order valence-corrected chi connectivity index (χ0v) is 30.5. The lowest BCUT2D eigenvalue weighted by atomic mass is 9.51. The van der Waals surface area contributed by atoms with Gasteiger partial charge in [-0.25, -0.2) is 4.79 Å². The molecule has 10 atom stereocenters. The Bertz CT molecular complexity index is 1060. The number of carbonyl (C=O) groups is 2. The molecule has 4 fully saturated rings. The van der Waals surface area contributed by atoms with E-state index in [4.69, 9.17) is 9.47 Å². The fourth-order valence-electron chi connectivity index (χ4n) is 11.1. The lowest BCUT2D eigenvalue weighted by Crippen LogP contribution is -2.47. The monoisotopic (exact) mass is 657 g/mol. The molecule has 1 saturated heterocycles. The third kappa shape index (κ3) is 8.96. The molecule has 2 N–H and O–H groups in total. The summed E-state index contributed by atoms with van der Waals surface area (Å²) in [6, 6.07) is -0.0219. The average molecular weight is 657 g/mol. The summed E-state index contributed by atoms with van der Waals surface area (Å²) in [6.07, 6.45) is 19.5. The van der Waals surface area contributed by atoms with E-state index in [0.717, 1.165) is 74.0 Å². The molecule has 7 heteroatoms. The molecule has 7 nitrogen and oxygen atoms in total. The summed E-state index contributed by atoms with van der Waals surface area (Å²) in [5.41, 5.74) is 2.11. The number of fused-ring (bicyclic) bond motifs is 5. The van der Waals surface area contributed by atoms with Gasteiger partial charge in [0.2, 0.25) is 5.91 Å². The van der Waals surface area contributed by atoms with Gasteiger partial charge in [0.1, 0.15) is 6.10 Å². The number of hydrogen-bond acceptors (Lipinski definition) is 5. The van der Waals surface area contributed by atoms with E-state index in [2.05, 4.69) is 39.1 Å². The van der Waals surface area contributed by atoms with Crippen molar-refractivity contribution in [3.05, 3.63) is 11.6 Å². The van der Waals surface area contributed by atoms with Gasteiger partial charge < -0.3 is 24.8 Å². The Balaban J connectivity index is 0.999. The number of hydrogen-bond donors (Lipinski definition) is 2. The van der Waals surface area contributed by atoms with Crippen molar-refractivity contribution in [2.24, 2.45) is 46.8 Å². The number of rotatable bonds is 15. The molecule has 0 aromatic rings. The van der Waals surface area contributed by atoms with Gasteiger partial charge in [-0.15, -0.1) is 0 Å². The van der Waals surface area contributed by atoms with Crippen LogP contribution in [-0.4, -0.2) is 66.6 Å². The molecule has 0 aromatic carbocycles. The summed E-state index contributed by atoms with van der Waals surface area (Å²) in [5.74, 6) is 5.94. The summed E-state index contributed by atoms with van der Waals surface area (Å²) >= 11 is 0. The quantitative estimate of drug-likeness (QED) is 0.137. The predicted molar refractivity (Wildman–Crippen MR) is 188 cm³/mol. The SMILES string of the molecule is CCOC[C@@H]1C[C@@H](O)CN1C(=O)CCCCCNC(=O)O[C@H]1CCC2C(=CCC3C2CC[C@@]2(C)C3CC[C@@H]2[C@H](C)CCCC(C)C)C1. The lowest BCUT2D eigenvalue weighted by molar-refractivity contribution is -0.133. The molecule has 3 saturated carbocycles. The van der Waals surface area contributed by atoms with Crippen molar-refractivity contribution in [2.75, 3.05) is 26.3 Å². The first kappa shape index (κ1) is 36.7. The number of ether oxygens (including phenoxy) is 2. The Hall–Kier alpha value is -1.60. The first-order chi connectivity index (χ1) is 22.6. The van der Waals surface area contributed by atoms with Crippen molar-refractivity contribution in [3.8, 4) is 0 Å². The van der Waals surface area contributed by atoms with E-state index in [1.807, 2.05) is 6.92 Å². The van der Waals surface area contributed by atoms with Crippen LogP contribution in [0, 0.1) is 46.8 Å². The highest BCUT2D eigenvalue weighted by molar-refractivity contribution is 5.77. The predicted octanol–water partition coefficient (Wildman–Crippen LogP) is 8.29. The van der Waals surface area contributed by atoms with E-state index in [0.29, 0.717) is 50.5 Å². The fourth-order valence-corrected chi connectivity index (χ4v) is 11.1. The number of amides is 2. The Morgan fingerprint density at radius 3 is 2.66 bits per heavy atom. The second kappa shape index (κ2) is 16.9. The van der Waals surface area contributed by atoms with Crippen LogP contribution in [-0.2, 0) is 14.3 Å². The number of nitrogens with zero attached hydrogens (tertiary/aromatic N) is 1. The zero-order chi connectivity index (χ0) is 33.6. The molecule has 0 bridgehead atoms. The number of carbonyl (C=O) groups excluding carboxylic acids is 2. The van der Waals surface area contributed by atoms with E-state index in [-0.39, 0.29) is 24.1 Å². The molecule has 5 rings (SSSR count). The van der Waals surface area contributed by atoms with Crippen molar-refractivity contribution in [3.63, 3.8) is 0 Å². The minimum atomic E-state index is -0.456. The standard InChI is InChI=1S/C40H68N2O5/c1-6-46-26-30-24-31(43)25-42(30)38(44)13-8-7-9-22-41-39(45)47-32-15-17-33-29(23-32)14-16-35-34(33)20-21-40(5)36(18-19-37(35)40)28(4)12-10-11-27(2)3/h14,27-28,30-37,43H,6-13,15-26H2,1-5H3,(H,41,45)/t28-,30+,31-,32+,33?,34?,35?,36-,37?,40-/m1/s1. The maximum absolute atomic E-state index is 12.7. The van der Waals surface area contributed by atoms with Crippen molar-refractivity contribution >= 4 is 12.0 Å². The first-order valence-corrected chi connectivity index (χ1v) is 19.8. The van der Waals surface area contributed by atoms with Crippen molar-refractivity contribution in [2.45, 2.75) is 156 Å². The van der Waals surface area contributed by atoms with Gasteiger partial charge in [0.25, 0.3) is 0 Å². The highest BCUT2D eigenvalue weighted by Gasteiger charge is 2.56. The molecular weight excluding hydrogens is 588 g/mol. The zero-order valence-electron chi connectivity index (χ0n) is 30.5. The summed E-state index contributed by atoms with van der Waals surface area (Å²) in [5, 5.41) is 13.0. The van der Waals surface area contributed by atoms with Crippen LogP contribution in [0.15, 0.2) is 11.6 Å². The van der Waals surface area contributed by atoms with Gasteiger partial charge in [-0.05, 0) is 118 Å². The van der Waals surface area contributed by atoms with Crippen molar-refractivity contribution < 1.29 is 24.2 Å². The number of β-amino-alcohol motifs (C(OH)–C–C–N with tert-alkyl or cyclic N) is 1. The average Bonchev–Trinajstić information content (AvgIpc) is 3.60. The van der Waals surface area contributed by atoms with Crippen LogP contribution >= 0.6 is 0 Å². The van der Waals surface area contributed by atoms with Gasteiger partial charge in [-0.3, -0.25) is 4.79 Å². The topological polar surface area (TPSA) is 88.1 Å². The van der Waals surface area contributed by atoms with Gasteiger partial charge in [0, 0.05) is 32.5 Å². The first-order valence-electron chi connectivity index (χ1n) is 19.8. The summed E-state index contributed by atoms with van der Waals surface area (Å²) in [7, 11) is 0. The molecule has 2 amide bonds. The summed E-state index contributed by atoms with van der Waals surface area (Å²) < 4.78 is 11.4. The van der Waals surface area contributed by atoms with Crippen LogP contribution in [0.2, 0.25) is 0 Å². The summed E-state index contributed by atoms with van der Waals surface area (Å²) in [4.78, 5) is 27.2.